The van der Waals surface area contributed by atoms with Gasteiger partial charge in [-0.25, -0.2) is 9.13 Å². The van der Waals surface area contributed by atoms with E-state index in [9.17, 15) is 43.2 Å². The van der Waals surface area contributed by atoms with Crippen LogP contribution in [0.3, 0.4) is 0 Å². The second-order valence-electron chi connectivity index (χ2n) is 30.6. The van der Waals surface area contributed by atoms with E-state index in [-0.39, 0.29) is 25.7 Å². The molecule has 0 rings (SSSR count). The summed E-state index contributed by atoms with van der Waals surface area (Å²) in [6.07, 6.45) is 78.4. The Balaban J connectivity index is 5.30. The number of unbranched alkanes of at least 4 members (excludes halogenated alkanes) is 56. The van der Waals surface area contributed by atoms with Crippen molar-refractivity contribution < 1.29 is 80.2 Å². The molecule has 5 atom stereocenters. The molecule has 0 bridgehead atoms. The fourth-order valence-electron chi connectivity index (χ4n) is 13.1. The van der Waals surface area contributed by atoms with Crippen molar-refractivity contribution in [2.75, 3.05) is 39.6 Å². The molecule has 0 amide bonds. The summed E-state index contributed by atoms with van der Waals surface area (Å²) in [6, 6.07) is 0. The Bertz CT molecular complexity index is 2090. The van der Waals surface area contributed by atoms with Crippen molar-refractivity contribution in [2.45, 2.75) is 470 Å². The standard InChI is InChI=1S/C87H166O17P2/c1-5-9-13-17-21-25-29-33-37-40-44-48-52-56-60-64-68-72-85(90)98-78-83(104-87(92)74-70-66-62-58-54-50-46-42-39-35-31-27-23-19-15-11-7-3)80-102-106(95,96)100-76-81(88)75-99-105(93,94)101-79-82(77-97-84(89)71-67-63-59-55-51-47-43-36-32-28-24-20-16-12-8-4)103-86(91)73-69-65-61-57-53-49-45-41-38-34-30-26-22-18-14-10-6-2/h24,28,36,43,81-83,88H,5-23,25-27,29-35,37-42,44-80H2,1-4H3,(H,93,94)(H,95,96)/b28-24-,43-36-/t81-,82+,83+/m0/s1. The van der Waals surface area contributed by atoms with Gasteiger partial charge in [-0.1, -0.05) is 392 Å². The number of hydrogen-bond acceptors (Lipinski definition) is 15. The molecule has 0 saturated heterocycles. The first-order valence-corrected chi connectivity index (χ1v) is 47.6. The maximum Gasteiger partial charge on any atom is 0.472 e. The third-order valence-corrected chi connectivity index (χ3v) is 21.9. The van der Waals surface area contributed by atoms with Crippen LogP contribution in [0.25, 0.3) is 0 Å². The summed E-state index contributed by atoms with van der Waals surface area (Å²) in [7, 11) is -9.94. The Hall–Kier alpha value is -2.46. The number of carbonyl (C=O) groups excluding carboxylic acids is 4. The third kappa shape index (κ3) is 79.6. The second kappa shape index (κ2) is 80.6. The van der Waals surface area contributed by atoms with Gasteiger partial charge in [-0.15, -0.1) is 0 Å². The van der Waals surface area contributed by atoms with Gasteiger partial charge in [-0.2, -0.15) is 0 Å². The van der Waals surface area contributed by atoms with Gasteiger partial charge in [0.25, 0.3) is 0 Å². The van der Waals surface area contributed by atoms with Crippen molar-refractivity contribution in [2.24, 2.45) is 0 Å². The molecule has 0 aromatic carbocycles. The molecule has 2 unspecified atom stereocenters. The fourth-order valence-corrected chi connectivity index (χ4v) is 14.7. The van der Waals surface area contributed by atoms with Crippen LogP contribution in [-0.2, 0) is 65.4 Å². The number of phosphoric acid groups is 2. The number of allylic oxidation sites excluding steroid dienone is 4. The summed E-state index contributed by atoms with van der Waals surface area (Å²) in [5.74, 6) is -2.12. The van der Waals surface area contributed by atoms with E-state index >= 15 is 0 Å². The Labute approximate surface area is 650 Å². The van der Waals surface area contributed by atoms with E-state index in [0.717, 1.165) is 116 Å². The molecule has 0 saturated carbocycles. The molecule has 0 aliphatic carbocycles. The van der Waals surface area contributed by atoms with Crippen LogP contribution in [0.5, 0.6) is 0 Å². The fraction of sp³-hybridized carbons (Fsp3) is 0.908. The number of esters is 4. The van der Waals surface area contributed by atoms with Crippen LogP contribution in [0.4, 0.5) is 0 Å². The van der Waals surface area contributed by atoms with E-state index in [2.05, 4.69) is 52.0 Å². The lowest BCUT2D eigenvalue weighted by Crippen LogP contribution is -2.30. The zero-order chi connectivity index (χ0) is 77.4. The molecule has 0 fully saturated rings. The van der Waals surface area contributed by atoms with Crippen LogP contribution >= 0.6 is 15.6 Å². The minimum absolute atomic E-state index is 0.103. The van der Waals surface area contributed by atoms with Gasteiger partial charge < -0.3 is 33.8 Å². The van der Waals surface area contributed by atoms with Crippen molar-refractivity contribution >= 4 is 39.5 Å². The summed E-state index contributed by atoms with van der Waals surface area (Å²) in [5, 5.41) is 10.7. The predicted octanol–water partition coefficient (Wildman–Crippen LogP) is 26.5. The van der Waals surface area contributed by atoms with Gasteiger partial charge in [0.2, 0.25) is 0 Å². The summed E-state index contributed by atoms with van der Waals surface area (Å²) >= 11 is 0. The monoisotopic (exact) mass is 1550 g/mol. The predicted molar refractivity (Wildman–Crippen MR) is 437 cm³/mol. The van der Waals surface area contributed by atoms with Gasteiger partial charge in [0.15, 0.2) is 12.2 Å². The van der Waals surface area contributed by atoms with E-state index in [1.54, 1.807) is 0 Å². The zero-order valence-corrected chi connectivity index (χ0v) is 70.7. The molecule has 0 heterocycles. The zero-order valence-electron chi connectivity index (χ0n) is 68.9. The molecule has 0 aromatic rings. The quantitative estimate of drug-likeness (QED) is 0.0169. The topological polar surface area (TPSA) is 237 Å². The smallest absolute Gasteiger partial charge is 0.462 e. The number of phosphoric ester groups is 2. The van der Waals surface area contributed by atoms with E-state index in [4.69, 9.17) is 37.0 Å². The molecule has 3 N–H and O–H groups in total. The normalized spacial score (nSPS) is 13.8. The van der Waals surface area contributed by atoms with Gasteiger partial charge in [-0.3, -0.25) is 37.3 Å². The highest BCUT2D eigenvalue weighted by atomic mass is 31.2. The summed E-state index contributed by atoms with van der Waals surface area (Å²) in [4.78, 5) is 73.3. The van der Waals surface area contributed by atoms with Crippen molar-refractivity contribution in [3.05, 3.63) is 24.3 Å². The molecule has 0 aliphatic heterocycles. The molecular weight excluding hydrogens is 1380 g/mol. The van der Waals surface area contributed by atoms with Crippen molar-refractivity contribution in [1.29, 1.82) is 0 Å². The van der Waals surface area contributed by atoms with Crippen LogP contribution in [0.2, 0.25) is 0 Å². The average molecular weight is 1550 g/mol. The molecule has 0 radical (unpaired) electrons. The maximum absolute atomic E-state index is 13.1. The Kier molecular flexibility index (Phi) is 78.7. The molecule has 19 heteroatoms. The lowest BCUT2D eigenvalue weighted by Gasteiger charge is -2.21. The molecule has 0 aliphatic rings. The van der Waals surface area contributed by atoms with Gasteiger partial charge >= 0.3 is 39.5 Å². The first kappa shape index (κ1) is 104. The molecular formula is C87H166O17P2. The van der Waals surface area contributed by atoms with Gasteiger partial charge in [0, 0.05) is 25.7 Å². The van der Waals surface area contributed by atoms with E-state index in [0.29, 0.717) is 25.7 Å². The number of aliphatic hydroxyl groups is 1. The number of aliphatic hydroxyl groups excluding tert-OH is 1. The average Bonchev–Trinajstić information content (AvgIpc) is 0.877. The lowest BCUT2D eigenvalue weighted by atomic mass is 10.0. The largest absolute Gasteiger partial charge is 0.472 e. The van der Waals surface area contributed by atoms with Gasteiger partial charge in [0.1, 0.15) is 19.3 Å². The second-order valence-corrected chi connectivity index (χ2v) is 33.5. The van der Waals surface area contributed by atoms with E-state index < -0.39 is 97.5 Å². The number of rotatable bonds is 86. The SMILES string of the molecule is CCCCC/C=C\C/C=C\CCCCCCCC(=O)OC[C@H](COP(=O)(O)OC[C@H](O)COP(=O)(O)OC[C@@H](COC(=O)CCCCCCCCCCCCCCCCCCC)OC(=O)CCCCCCCCCCCCCCCCCCC)OC(=O)CCCCCCCCCCCCCCCCCCC. The number of ether oxygens (including phenoxy) is 4. The molecule has 106 heavy (non-hydrogen) atoms. The molecule has 17 nitrogen and oxygen atoms in total. The van der Waals surface area contributed by atoms with Crippen LogP contribution in [0.1, 0.15) is 451 Å². The molecule has 626 valence electrons. The lowest BCUT2D eigenvalue weighted by molar-refractivity contribution is -0.161. The number of carbonyl (C=O) groups is 4. The van der Waals surface area contributed by atoms with E-state index in [1.165, 1.54) is 257 Å². The first-order valence-electron chi connectivity index (χ1n) is 44.6. The minimum Gasteiger partial charge on any atom is -0.462 e. The highest BCUT2D eigenvalue weighted by Gasteiger charge is 2.30. The van der Waals surface area contributed by atoms with Crippen molar-refractivity contribution in [3.63, 3.8) is 0 Å². The minimum atomic E-state index is -4.97. The van der Waals surface area contributed by atoms with Crippen LogP contribution in [0, 0.1) is 0 Å². The first-order chi connectivity index (χ1) is 51.7. The highest BCUT2D eigenvalue weighted by molar-refractivity contribution is 7.47. The van der Waals surface area contributed by atoms with Crippen LogP contribution < -0.4 is 0 Å². The van der Waals surface area contributed by atoms with E-state index in [1.807, 2.05) is 0 Å². The Morgan fingerprint density at radius 1 is 0.264 bits per heavy atom. The summed E-state index contributed by atoms with van der Waals surface area (Å²) in [5.41, 5.74) is 0. The van der Waals surface area contributed by atoms with Crippen molar-refractivity contribution in [1.82, 2.24) is 0 Å². The maximum atomic E-state index is 13.1. The van der Waals surface area contributed by atoms with Gasteiger partial charge in [-0.05, 0) is 57.8 Å². The highest BCUT2D eigenvalue weighted by Crippen LogP contribution is 2.45. The Morgan fingerprint density at radius 2 is 0.462 bits per heavy atom. The third-order valence-electron chi connectivity index (χ3n) is 19.9. The number of hydrogen-bond donors (Lipinski definition) is 3. The van der Waals surface area contributed by atoms with Gasteiger partial charge in [0.05, 0.1) is 26.4 Å². The van der Waals surface area contributed by atoms with Crippen LogP contribution in [0.15, 0.2) is 24.3 Å². The molecule has 0 spiro atoms. The van der Waals surface area contributed by atoms with Crippen molar-refractivity contribution in [3.8, 4) is 0 Å². The summed E-state index contributed by atoms with van der Waals surface area (Å²) < 4.78 is 68.9. The Morgan fingerprint density at radius 3 is 0.717 bits per heavy atom. The molecule has 0 aromatic heterocycles. The summed E-state index contributed by atoms with van der Waals surface area (Å²) in [6.45, 7) is 5.01. The van der Waals surface area contributed by atoms with Crippen LogP contribution in [-0.4, -0.2) is 96.7 Å².